The van der Waals surface area contributed by atoms with Crippen LogP contribution in [0.3, 0.4) is 0 Å². The van der Waals surface area contributed by atoms with Crippen molar-refractivity contribution in [1.29, 1.82) is 0 Å². The van der Waals surface area contributed by atoms with E-state index < -0.39 is 0 Å². The molecule has 4 nitrogen and oxygen atoms in total. The molecule has 1 N–H and O–H groups in total. The van der Waals surface area contributed by atoms with Crippen molar-refractivity contribution in [2.24, 2.45) is 0 Å². The summed E-state index contributed by atoms with van der Waals surface area (Å²) in [6, 6.07) is 21.1. The maximum Gasteiger partial charge on any atom is 0.174 e. The number of hydrogen-bond donors (Lipinski definition) is 1. The van der Waals surface area contributed by atoms with E-state index >= 15 is 0 Å². The van der Waals surface area contributed by atoms with Crippen LogP contribution in [-0.2, 0) is 13.1 Å². The molecule has 7 heteroatoms. The molecule has 3 aromatic rings. The Labute approximate surface area is 198 Å². The van der Waals surface area contributed by atoms with Crippen LogP contribution in [0.1, 0.15) is 18.1 Å². The second kappa shape index (κ2) is 11.2. The zero-order valence-electron chi connectivity index (χ0n) is 17.4. The Balaban J connectivity index is 1.81. The molecule has 3 rings (SSSR count). The minimum atomic E-state index is 0.466. The molecule has 3 aromatic carbocycles. The Morgan fingerprint density at radius 2 is 1.52 bits per heavy atom. The van der Waals surface area contributed by atoms with Gasteiger partial charge in [-0.05, 0) is 73.2 Å². The molecule has 0 atom stereocenters. The first-order chi connectivity index (χ1) is 15.0. The number of ether oxygens (including phenoxy) is 2. The second-order valence-corrected chi connectivity index (χ2v) is 7.99. The third-order valence-electron chi connectivity index (χ3n) is 4.65. The highest BCUT2D eigenvalue weighted by molar-refractivity contribution is 7.80. The van der Waals surface area contributed by atoms with Crippen LogP contribution in [0.5, 0.6) is 11.5 Å². The summed E-state index contributed by atoms with van der Waals surface area (Å²) in [5.41, 5.74) is 2.79. The quantitative estimate of drug-likeness (QED) is 0.363. The lowest BCUT2D eigenvalue weighted by molar-refractivity contribution is 0.340. The molecule has 0 aliphatic carbocycles. The molecular weight excluding hydrogens is 451 g/mol. The summed E-state index contributed by atoms with van der Waals surface area (Å²) in [7, 11) is 1.65. The third kappa shape index (κ3) is 6.50. The fraction of sp³-hybridized carbons (Fsp3) is 0.208. The monoisotopic (exact) mass is 474 g/mol. The van der Waals surface area contributed by atoms with Gasteiger partial charge in [0, 0.05) is 34.4 Å². The zero-order valence-corrected chi connectivity index (χ0v) is 19.7. The Kier molecular flexibility index (Phi) is 8.41. The number of hydrogen-bond acceptors (Lipinski definition) is 3. The van der Waals surface area contributed by atoms with Gasteiger partial charge in [-0.2, -0.15) is 0 Å². The van der Waals surface area contributed by atoms with E-state index in [0.29, 0.717) is 34.9 Å². The van der Waals surface area contributed by atoms with Crippen LogP contribution in [0.15, 0.2) is 66.7 Å². The molecule has 0 heterocycles. The van der Waals surface area contributed by atoms with Gasteiger partial charge < -0.3 is 19.7 Å². The predicted octanol–water partition coefficient (Wildman–Crippen LogP) is 6.80. The lowest BCUT2D eigenvalue weighted by Gasteiger charge is -2.27. The topological polar surface area (TPSA) is 33.7 Å². The highest BCUT2D eigenvalue weighted by atomic mass is 35.5. The normalized spacial score (nSPS) is 10.5. The van der Waals surface area contributed by atoms with Crippen molar-refractivity contribution < 1.29 is 9.47 Å². The lowest BCUT2D eigenvalue weighted by atomic mass is 10.1. The van der Waals surface area contributed by atoms with E-state index in [2.05, 4.69) is 5.32 Å². The molecule has 0 radical (unpaired) electrons. The Morgan fingerprint density at radius 1 is 0.903 bits per heavy atom. The van der Waals surface area contributed by atoms with Crippen molar-refractivity contribution in [3.63, 3.8) is 0 Å². The fourth-order valence-electron chi connectivity index (χ4n) is 3.03. The van der Waals surface area contributed by atoms with E-state index in [1.165, 1.54) is 0 Å². The number of nitrogens with one attached hydrogen (secondary N) is 1. The van der Waals surface area contributed by atoms with Crippen molar-refractivity contribution in [1.82, 2.24) is 4.90 Å². The molecule has 0 aliphatic heterocycles. The molecule has 0 saturated carbocycles. The molecule has 31 heavy (non-hydrogen) atoms. The molecule has 0 aromatic heterocycles. The molecule has 0 spiro atoms. The molecule has 0 saturated heterocycles. The summed E-state index contributed by atoms with van der Waals surface area (Å²) in [5, 5.41) is 5.08. The largest absolute Gasteiger partial charge is 0.497 e. The number of nitrogens with zero attached hydrogens (tertiary/aromatic N) is 1. The average Bonchev–Trinajstić information content (AvgIpc) is 2.77. The zero-order chi connectivity index (χ0) is 22.2. The van der Waals surface area contributed by atoms with Crippen molar-refractivity contribution in [3.05, 3.63) is 87.9 Å². The number of halogens is 2. The first-order valence-electron chi connectivity index (χ1n) is 9.84. The summed E-state index contributed by atoms with van der Waals surface area (Å²) in [6.07, 6.45) is 0. The first kappa shape index (κ1) is 23.2. The Morgan fingerprint density at radius 3 is 2.10 bits per heavy atom. The van der Waals surface area contributed by atoms with E-state index in [4.69, 9.17) is 44.9 Å². The smallest absolute Gasteiger partial charge is 0.174 e. The highest BCUT2D eigenvalue weighted by Gasteiger charge is 2.16. The average molecular weight is 475 g/mol. The van der Waals surface area contributed by atoms with Gasteiger partial charge in [-0.25, -0.2) is 0 Å². The van der Waals surface area contributed by atoms with E-state index in [1.807, 2.05) is 78.6 Å². The minimum absolute atomic E-state index is 0.466. The van der Waals surface area contributed by atoms with Crippen molar-refractivity contribution in [3.8, 4) is 11.5 Å². The molecule has 0 amide bonds. The Bertz CT molecular complexity index is 991. The van der Waals surface area contributed by atoms with Gasteiger partial charge in [0.25, 0.3) is 0 Å². The van der Waals surface area contributed by atoms with Gasteiger partial charge in [0.1, 0.15) is 11.5 Å². The summed E-state index contributed by atoms with van der Waals surface area (Å²) < 4.78 is 10.8. The number of methoxy groups -OCH3 is 1. The van der Waals surface area contributed by atoms with E-state index in [1.54, 1.807) is 7.11 Å². The highest BCUT2D eigenvalue weighted by Crippen LogP contribution is 2.27. The van der Waals surface area contributed by atoms with Gasteiger partial charge in [0.15, 0.2) is 5.11 Å². The van der Waals surface area contributed by atoms with Gasteiger partial charge in [-0.3, -0.25) is 0 Å². The van der Waals surface area contributed by atoms with Crippen LogP contribution in [0.4, 0.5) is 5.69 Å². The van der Waals surface area contributed by atoms with Gasteiger partial charge in [-0.15, -0.1) is 0 Å². The molecule has 0 unspecified atom stereocenters. The third-order valence-corrected chi connectivity index (χ3v) is 5.72. The van der Waals surface area contributed by atoms with Crippen LogP contribution in [-0.4, -0.2) is 23.7 Å². The van der Waals surface area contributed by atoms with Crippen molar-refractivity contribution in [2.45, 2.75) is 20.0 Å². The maximum absolute atomic E-state index is 6.42. The van der Waals surface area contributed by atoms with Crippen LogP contribution < -0.4 is 14.8 Å². The second-order valence-electron chi connectivity index (χ2n) is 6.79. The van der Waals surface area contributed by atoms with Crippen LogP contribution in [0.2, 0.25) is 10.0 Å². The number of anilines is 1. The summed E-state index contributed by atoms with van der Waals surface area (Å²) in [5.74, 6) is 1.62. The Hall–Kier alpha value is -2.47. The van der Waals surface area contributed by atoms with Crippen LogP contribution in [0.25, 0.3) is 0 Å². The van der Waals surface area contributed by atoms with E-state index in [0.717, 1.165) is 28.3 Å². The summed E-state index contributed by atoms with van der Waals surface area (Å²) >= 11 is 18.6. The number of rotatable bonds is 8. The molecular formula is C24H24Cl2N2O2S. The van der Waals surface area contributed by atoms with Gasteiger partial charge in [-0.1, -0.05) is 41.4 Å². The van der Waals surface area contributed by atoms with E-state index in [-0.39, 0.29) is 0 Å². The fourth-order valence-corrected chi connectivity index (χ4v) is 3.79. The molecule has 162 valence electrons. The van der Waals surface area contributed by atoms with Gasteiger partial charge in [0.05, 0.1) is 13.7 Å². The molecule has 0 fully saturated rings. The van der Waals surface area contributed by atoms with Crippen molar-refractivity contribution in [2.75, 3.05) is 19.0 Å². The van der Waals surface area contributed by atoms with Crippen LogP contribution in [0, 0.1) is 0 Å². The SMILES string of the molecule is CCOc1ccc(NC(=S)N(Cc2ccc(OC)cc2)Cc2c(Cl)cccc2Cl)cc1. The first-order valence-corrected chi connectivity index (χ1v) is 11.0. The van der Waals surface area contributed by atoms with Gasteiger partial charge >= 0.3 is 0 Å². The number of benzene rings is 3. The van der Waals surface area contributed by atoms with Crippen molar-refractivity contribution >= 4 is 46.2 Å². The van der Waals surface area contributed by atoms with Crippen LogP contribution >= 0.6 is 35.4 Å². The predicted molar refractivity (Wildman–Crippen MR) is 133 cm³/mol. The standard InChI is InChI=1S/C24H24Cl2N2O2S/c1-3-30-20-13-9-18(10-14-20)27-24(31)28(15-17-7-11-19(29-2)12-8-17)16-21-22(25)5-4-6-23(21)26/h4-14H,3,15-16H2,1-2H3,(H,27,31). The minimum Gasteiger partial charge on any atom is -0.497 e. The summed E-state index contributed by atoms with van der Waals surface area (Å²) in [4.78, 5) is 2.03. The lowest BCUT2D eigenvalue weighted by Crippen LogP contribution is -2.34. The molecule has 0 bridgehead atoms. The van der Waals surface area contributed by atoms with Gasteiger partial charge in [0.2, 0.25) is 0 Å². The number of thiocarbonyl (C=S) groups is 1. The van der Waals surface area contributed by atoms with E-state index in [9.17, 15) is 0 Å². The molecule has 0 aliphatic rings. The summed E-state index contributed by atoms with van der Waals surface area (Å²) in [6.45, 7) is 3.62. The maximum atomic E-state index is 6.42.